The van der Waals surface area contributed by atoms with Gasteiger partial charge in [-0.3, -0.25) is 0 Å². The maximum Gasteiger partial charge on any atom is 0.512 e. The zero-order valence-electron chi connectivity index (χ0n) is 45.4. The molecule has 0 amide bonds. The highest BCUT2D eigenvalue weighted by Gasteiger charge is 2.76. The molecule has 0 spiro atoms. The molecule has 1 N–H and O–H groups in total. The molecule has 0 aliphatic rings. The predicted octanol–water partition coefficient (Wildman–Crippen LogP) is 7.93. The first kappa shape index (κ1) is 60.0. The van der Waals surface area contributed by atoms with Gasteiger partial charge in [-0.25, -0.2) is 26.8 Å². The number of rotatable bonds is 17. The van der Waals surface area contributed by atoms with Crippen molar-refractivity contribution in [3.8, 4) is 29.1 Å². The maximum atomic E-state index is 15.7. The number of hydrogen-bond acceptors (Lipinski definition) is 13. The number of para-hydroxylation sites is 4. The first-order valence-corrected chi connectivity index (χ1v) is 30.6. The molecule has 442 valence electrons. The van der Waals surface area contributed by atoms with Crippen molar-refractivity contribution in [3.63, 3.8) is 0 Å². The van der Waals surface area contributed by atoms with E-state index in [1.54, 1.807) is 89.4 Å². The molecule has 11 rings (SSSR count). The van der Waals surface area contributed by atoms with Gasteiger partial charge in [0.15, 0.2) is 11.2 Å². The van der Waals surface area contributed by atoms with Gasteiger partial charge < -0.3 is 22.0 Å². The van der Waals surface area contributed by atoms with E-state index in [0.29, 0.717) is 67.3 Å². The summed E-state index contributed by atoms with van der Waals surface area (Å²) < 4.78 is 196. The van der Waals surface area contributed by atoms with Crippen LogP contribution in [0, 0.1) is 22.7 Å². The van der Waals surface area contributed by atoms with Gasteiger partial charge in [0.05, 0.1) is 10.7 Å². The molecule has 11 aromatic rings. The van der Waals surface area contributed by atoms with E-state index in [1.165, 1.54) is 0 Å². The quantitative estimate of drug-likeness (QED) is 0.0519. The summed E-state index contributed by atoms with van der Waals surface area (Å²) in [4.78, 5) is 9.68. The Morgan fingerprint density at radius 2 is 0.909 bits per heavy atom. The van der Waals surface area contributed by atoms with Crippen LogP contribution in [0.15, 0.2) is 203 Å². The minimum atomic E-state index is -7.76. The molecule has 0 fully saturated rings. The van der Waals surface area contributed by atoms with Crippen molar-refractivity contribution < 1.29 is 69.0 Å². The number of benzene rings is 7. The molecule has 0 atom stereocenters. The van der Waals surface area contributed by atoms with Crippen molar-refractivity contribution >= 4 is 110 Å². The van der Waals surface area contributed by atoms with Crippen LogP contribution in [-0.4, -0.2) is 73.9 Å². The van der Waals surface area contributed by atoms with E-state index in [9.17, 15) is 48.9 Å². The lowest BCUT2D eigenvalue weighted by Gasteiger charge is -2.25. The van der Waals surface area contributed by atoms with Gasteiger partial charge in [-0.05, 0) is 60.0 Å². The molecule has 28 heteroatoms. The van der Waals surface area contributed by atoms with Crippen molar-refractivity contribution in [1.82, 2.24) is 23.1 Å². The average molecular weight is 1250 g/mol. The summed E-state index contributed by atoms with van der Waals surface area (Å²) in [6, 6.07) is 58.3. The molecule has 7 aromatic carbocycles. The van der Waals surface area contributed by atoms with Crippen LogP contribution in [-0.2, 0) is 30.2 Å². The Kier molecular flexibility index (Phi) is 15.4. The molecule has 0 bridgehead atoms. The van der Waals surface area contributed by atoms with E-state index in [4.69, 9.17) is 18.8 Å². The second-order valence-electron chi connectivity index (χ2n) is 20.1. The lowest BCUT2D eigenvalue weighted by molar-refractivity contribution is -0.101. The first-order valence-electron chi connectivity index (χ1n) is 26.3. The number of hydrogen-bond donors (Lipinski definition) is 1. The van der Waals surface area contributed by atoms with Gasteiger partial charge >= 0.3 is 49.9 Å². The van der Waals surface area contributed by atoms with E-state index in [-0.39, 0.29) is 50.3 Å². The number of oxazole rings is 2. The van der Waals surface area contributed by atoms with Crippen LogP contribution in [0.1, 0.15) is 37.2 Å². The fourth-order valence-corrected chi connectivity index (χ4v) is 14.2. The molecule has 4 heterocycles. The van der Waals surface area contributed by atoms with E-state index < -0.39 is 75.7 Å². The summed E-state index contributed by atoms with van der Waals surface area (Å²) in [6.45, 7) is 1.94. The lowest BCUT2D eigenvalue weighted by atomic mass is 9.50. The number of sulfonamides is 2. The lowest BCUT2D eigenvalue weighted by Crippen LogP contribution is -2.58. The third kappa shape index (κ3) is 10.3. The highest BCUT2D eigenvalue weighted by Crippen LogP contribution is 2.45. The fraction of sp³-hybridized carbons (Fsp3) is 0.100. The van der Waals surface area contributed by atoms with Gasteiger partial charge in [0.1, 0.15) is 40.1 Å². The molecule has 0 unspecified atom stereocenters. The van der Waals surface area contributed by atoms with Crippen LogP contribution in [0.5, 0.6) is 5.75 Å². The third-order valence-corrected chi connectivity index (χ3v) is 19.0. The molecule has 16 nitrogen and oxygen atoms in total. The minimum absolute atomic E-state index is 0.00785. The van der Waals surface area contributed by atoms with Crippen LogP contribution in [0.3, 0.4) is 0 Å². The monoisotopic (exact) mass is 1250 g/mol. The van der Waals surface area contributed by atoms with E-state index in [0.717, 1.165) is 12.1 Å². The molecule has 4 aromatic heterocycles. The zero-order chi connectivity index (χ0) is 62.7. The minimum Gasteiger partial charge on any atom is -0.435 e. The van der Waals surface area contributed by atoms with Crippen molar-refractivity contribution in [1.29, 1.82) is 10.5 Å². The number of nitrogens with one attached hydrogen (secondary N) is 1. The maximum absolute atomic E-state index is 15.7. The van der Waals surface area contributed by atoms with Gasteiger partial charge in [0, 0.05) is 22.2 Å². The Labute approximate surface area is 497 Å². The van der Waals surface area contributed by atoms with Crippen molar-refractivity contribution in [2.45, 2.75) is 35.8 Å². The van der Waals surface area contributed by atoms with Crippen LogP contribution in [0.25, 0.3) is 55.4 Å². The smallest absolute Gasteiger partial charge is 0.435 e. The zero-order valence-corrected chi connectivity index (χ0v) is 47.9. The molecule has 0 aliphatic heterocycles. The number of alkyl halides is 7. The molecule has 0 radical (unpaired) electrons. The Hall–Kier alpha value is -9.73. The summed E-state index contributed by atoms with van der Waals surface area (Å²) in [7, 11) is -22.4. The summed E-state index contributed by atoms with van der Waals surface area (Å²) in [5.74, 6) is -2.09. The average Bonchev–Trinajstić information content (AvgIpc) is 1.53. The number of halogens is 7. The highest BCUT2D eigenvalue weighted by molar-refractivity contribution is 8.06. The Morgan fingerprint density at radius 1 is 0.523 bits per heavy atom. The predicted molar refractivity (Wildman–Crippen MR) is 316 cm³/mol. The van der Waals surface area contributed by atoms with Gasteiger partial charge in [0.2, 0.25) is 11.8 Å². The van der Waals surface area contributed by atoms with Crippen LogP contribution in [0.2, 0.25) is 0 Å². The number of nitrogens with zero attached hydrogens (tertiary/aromatic N) is 6. The van der Waals surface area contributed by atoms with Crippen molar-refractivity contribution in [2.75, 3.05) is 0 Å². The van der Waals surface area contributed by atoms with E-state index in [2.05, 4.69) is 16.3 Å². The topological polar surface area (TPSA) is 233 Å². The molecule has 88 heavy (non-hydrogen) atoms. The molecular formula is C60H40B2F7N7O9S3. The van der Waals surface area contributed by atoms with Gasteiger partial charge in [-0.15, -0.1) is 0 Å². The van der Waals surface area contributed by atoms with E-state index in [1.807, 2.05) is 103 Å². The normalized spacial score (nSPS) is 13.4. The van der Waals surface area contributed by atoms with Gasteiger partial charge in [-0.1, -0.05) is 185 Å². The third-order valence-electron chi connectivity index (χ3n) is 14.3. The van der Waals surface area contributed by atoms with Crippen LogP contribution in [0.4, 0.5) is 30.7 Å². The standard InChI is InChI=1S/C60H40B2F7N7O9S3/c1-37(2)52-50-51(55(45(36-71)57-73-47-28-16-18-30-49(47)84-57)75(52)61(39-19-7-3-8-20-39)40-21-9-4-10-22-40)53(38-31-33-43(34-32-38)85-88(81,82)59(65,66)58(63,64)86(77,78)74-87(79,80)60(67,68)69)76(62(41-23-11-5-12-24-41)42-25-13-6-14-26-42)54(50)44(35-70)56-72-46-27-15-17-29-48(46)83-56/h3-34,37,74H,1-2H3/b54-44-,55-45-. The van der Waals surface area contributed by atoms with E-state index >= 15 is 17.6 Å². The number of nitriles is 2. The molecule has 0 aliphatic carbocycles. The number of aromatic nitrogens is 4. The summed E-state index contributed by atoms with van der Waals surface area (Å²) in [5.41, 5.74) is -2.48. The largest absolute Gasteiger partial charge is 0.512 e. The van der Waals surface area contributed by atoms with Crippen molar-refractivity contribution in [3.05, 3.63) is 222 Å². The summed E-state index contributed by atoms with van der Waals surface area (Å²) >= 11 is 0. The van der Waals surface area contributed by atoms with Crippen LogP contribution >= 0.6 is 0 Å². The van der Waals surface area contributed by atoms with Gasteiger partial charge in [-0.2, -0.15) is 49.7 Å². The summed E-state index contributed by atoms with van der Waals surface area (Å²) in [6.07, 6.45) is 0. The van der Waals surface area contributed by atoms with Crippen LogP contribution < -0.4 is 40.9 Å². The summed E-state index contributed by atoms with van der Waals surface area (Å²) in [5, 5.41) is 10.5. The second kappa shape index (κ2) is 22.5. The SMILES string of the molecule is CC(C)c1c2/c(=C(\C#N)c3nc4ccccc4o3)n(B(c3ccccc3)c3ccccc3)c(-c3ccc(OS(=O)(=O)C(F)(F)C(F)(F)S(=O)(=O)NS(=O)(=O)C(F)(F)F)cc3)c2/c(=C(\C#N)c2nc3ccccc3o2)n1B(c1ccccc1)c1ccccc1. The molecular weight excluding hydrogens is 1210 g/mol. The van der Waals surface area contributed by atoms with Gasteiger partial charge in [0.25, 0.3) is 10.0 Å². The Bertz CT molecular complexity index is 4860. The number of fused-ring (bicyclic) bond motifs is 3. The molecule has 0 saturated carbocycles. The van der Waals surface area contributed by atoms with Crippen molar-refractivity contribution in [2.24, 2.45) is 0 Å². The fourth-order valence-electron chi connectivity index (χ4n) is 10.6. The second-order valence-corrected chi connectivity index (χ2v) is 25.3. The Balaban J connectivity index is 1.33. The molecule has 0 saturated heterocycles. The highest BCUT2D eigenvalue weighted by atomic mass is 32.3. The Morgan fingerprint density at radius 3 is 1.30 bits per heavy atom. The first-order chi connectivity index (χ1) is 41.8.